The van der Waals surface area contributed by atoms with Gasteiger partial charge in [0.25, 0.3) is 0 Å². The molecule has 0 aromatic carbocycles. The van der Waals surface area contributed by atoms with E-state index in [9.17, 15) is 10.2 Å². The standard InChI is InChI=1S/C23H22O2/c1-3-22(24)17-8-6-5-7-13-20-14-9-10-15-21(19-20)16-11-12-18-23(25)4-2/h1-2,5-18,22-25H,19H2/b6-5+,13-7+,16-11+,17-8+,18-12+. The molecule has 0 fully saturated rings. The van der Waals surface area contributed by atoms with Gasteiger partial charge >= 0.3 is 0 Å². The van der Waals surface area contributed by atoms with Crippen molar-refractivity contribution in [2.75, 3.05) is 0 Å². The van der Waals surface area contributed by atoms with Gasteiger partial charge in [0.2, 0.25) is 0 Å². The van der Waals surface area contributed by atoms with Crippen molar-refractivity contribution in [1.82, 2.24) is 0 Å². The van der Waals surface area contributed by atoms with E-state index in [0.29, 0.717) is 0 Å². The number of aliphatic hydroxyl groups excluding tert-OH is 2. The molecule has 126 valence electrons. The van der Waals surface area contributed by atoms with Crippen LogP contribution in [0, 0.1) is 24.7 Å². The molecule has 0 aromatic rings. The van der Waals surface area contributed by atoms with Crippen molar-refractivity contribution >= 4 is 0 Å². The molecule has 0 bridgehead atoms. The summed E-state index contributed by atoms with van der Waals surface area (Å²) in [6.45, 7) is 0. The summed E-state index contributed by atoms with van der Waals surface area (Å²) in [6.07, 6.45) is 35.3. The first-order chi connectivity index (χ1) is 12.2. The third kappa shape index (κ3) is 9.64. The Balaban J connectivity index is 2.58. The van der Waals surface area contributed by atoms with Gasteiger partial charge in [-0.15, -0.1) is 12.8 Å². The molecule has 0 heterocycles. The number of rotatable bonds is 7. The molecule has 25 heavy (non-hydrogen) atoms. The molecule has 2 N–H and O–H groups in total. The zero-order valence-electron chi connectivity index (χ0n) is 14.0. The Morgan fingerprint density at radius 3 is 1.72 bits per heavy atom. The fourth-order valence-corrected chi connectivity index (χ4v) is 1.88. The van der Waals surface area contributed by atoms with Crippen molar-refractivity contribution in [3.8, 4) is 24.7 Å². The van der Waals surface area contributed by atoms with Gasteiger partial charge in [-0.25, -0.2) is 0 Å². The number of terminal acetylenes is 2. The van der Waals surface area contributed by atoms with Crippen LogP contribution in [-0.2, 0) is 0 Å². The van der Waals surface area contributed by atoms with E-state index in [1.54, 1.807) is 18.2 Å². The second-order valence-electron chi connectivity index (χ2n) is 5.14. The average molecular weight is 330 g/mol. The predicted octanol–water partition coefficient (Wildman–Crippen LogP) is 3.57. The van der Waals surface area contributed by atoms with Crippen LogP contribution in [0.1, 0.15) is 6.42 Å². The Kier molecular flexibility index (Phi) is 9.92. The maximum absolute atomic E-state index is 9.25. The highest BCUT2D eigenvalue weighted by Gasteiger charge is 1.98. The SMILES string of the molecule is C#CC(O)/C=C/C=C/C=C/C1=CC=CC=C(/C=C/C=C/C(O)C#C)C1. The fraction of sp³-hybridized carbons (Fsp3) is 0.130. The van der Waals surface area contributed by atoms with Crippen molar-refractivity contribution in [2.24, 2.45) is 0 Å². The second kappa shape index (κ2) is 12.4. The van der Waals surface area contributed by atoms with Gasteiger partial charge in [0.1, 0.15) is 12.2 Å². The molecule has 2 nitrogen and oxygen atoms in total. The molecule has 2 heteroatoms. The Labute approximate surface area is 150 Å². The van der Waals surface area contributed by atoms with Crippen LogP contribution in [0.4, 0.5) is 0 Å². The first-order valence-corrected chi connectivity index (χ1v) is 7.87. The minimum absolute atomic E-state index is 0.797. The van der Waals surface area contributed by atoms with E-state index >= 15 is 0 Å². The second-order valence-corrected chi connectivity index (χ2v) is 5.14. The molecular formula is C23H22O2. The van der Waals surface area contributed by atoms with E-state index in [2.05, 4.69) is 17.9 Å². The van der Waals surface area contributed by atoms with Crippen LogP contribution in [0.15, 0.2) is 96.2 Å². The maximum Gasteiger partial charge on any atom is 0.133 e. The van der Waals surface area contributed by atoms with Gasteiger partial charge in [0.05, 0.1) is 0 Å². The molecule has 1 aliphatic carbocycles. The molecule has 1 aliphatic rings. The number of hydrogen-bond acceptors (Lipinski definition) is 2. The van der Waals surface area contributed by atoms with Crippen LogP contribution in [0.25, 0.3) is 0 Å². The molecule has 0 aromatic heterocycles. The third-order valence-corrected chi connectivity index (χ3v) is 3.13. The zero-order chi connectivity index (χ0) is 18.3. The van der Waals surface area contributed by atoms with E-state index in [0.717, 1.165) is 17.6 Å². The highest BCUT2D eigenvalue weighted by atomic mass is 16.3. The van der Waals surface area contributed by atoms with E-state index < -0.39 is 12.2 Å². The summed E-state index contributed by atoms with van der Waals surface area (Å²) in [5, 5.41) is 18.4. The lowest BCUT2D eigenvalue weighted by Gasteiger charge is -2.00. The van der Waals surface area contributed by atoms with Gasteiger partial charge in [-0.05, 0) is 29.7 Å². The molecule has 0 radical (unpaired) electrons. The number of aliphatic hydroxyl groups is 2. The van der Waals surface area contributed by atoms with Crippen molar-refractivity contribution in [2.45, 2.75) is 18.6 Å². The van der Waals surface area contributed by atoms with Crippen LogP contribution in [0.5, 0.6) is 0 Å². The zero-order valence-corrected chi connectivity index (χ0v) is 14.0. The Morgan fingerprint density at radius 1 is 0.760 bits per heavy atom. The van der Waals surface area contributed by atoms with Crippen LogP contribution in [0.3, 0.4) is 0 Å². The van der Waals surface area contributed by atoms with Crippen molar-refractivity contribution in [3.05, 3.63) is 96.2 Å². The van der Waals surface area contributed by atoms with E-state index in [1.165, 1.54) is 6.08 Å². The Morgan fingerprint density at radius 2 is 1.20 bits per heavy atom. The molecule has 2 atom stereocenters. The number of hydrogen-bond donors (Lipinski definition) is 2. The summed E-state index contributed by atoms with van der Waals surface area (Å²) >= 11 is 0. The highest BCUT2D eigenvalue weighted by molar-refractivity contribution is 5.40. The van der Waals surface area contributed by atoms with E-state index in [4.69, 9.17) is 12.8 Å². The minimum atomic E-state index is -0.853. The highest BCUT2D eigenvalue weighted by Crippen LogP contribution is 2.17. The largest absolute Gasteiger partial charge is 0.377 e. The fourth-order valence-electron chi connectivity index (χ4n) is 1.88. The summed E-state index contributed by atoms with van der Waals surface area (Å²) < 4.78 is 0. The van der Waals surface area contributed by atoms with E-state index in [1.807, 2.05) is 54.7 Å². The summed E-state index contributed by atoms with van der Waals surface area (Å²) in [5.74, 6) is 4.43. The summed E-state index contributed by atoms with van der Waals surface area (Å²) in [4.78, 5) is 0. The first kappa shape index (κ1) is 20.0. The van der Waals surface area contributed by atoms with Crippen molar-refractivity contribution in [3.63, 3.8) is 0 Å². The van der Waals surface area contributed by atoms with Crippen LogP contribution >= 0.6 is 0 Å². The molecular weight excluding hydrogens is 308 g/mol. The predicted molar refractivity (Wildman–Crippen MR) is 105 cm³/mol. The molecule has 0 saturated heterocycles. The molecule has 1 rings (SSSR count). The summed E-state index contributed by atoms with van der Waals surface area (Å²) in [6, 6.07) is 0. The molecule has 0 aliphatic heterocycles. The first-order valence-electron chi connectivity index (χ1n) is 7.87. The number of allylic oxidation sites excluding steroid dienone is 14. The lowest BCUT2D eigenvalue weighted by atomic mass is 10.0. The molecule has 0 spiro atoms. The van der Waals surface area contributed by atoms with Crippen LogP contribution in [-0.4, -0.2) is 22.4 Å². The Bertz CT molecular complexity index is 738. The molecule has 0 saturated carbocycles. The molecule has 0 amide bonds. The maximum atomic E-state index is 9.25. The van der Waals surface area contributed by atoms with Crippen LogP contribution < -0.4 is 0 Å². The van der Waals surface area contributed by atoms with Crippen molar-refractivity contribution in [1.29, 1.82) is 0 Å². The van der Waals surface area contributed by atoms with Gasteiger partial charge < -0.3 is 10.2 Å². The van der Waals surface area contributed by atoms with Crippen molar-refractivity contribution < 1.29 is 10.2 Å². The van der Waals surface area contributed by atoms with Gasteiger partial charge in [-0.3, -0.25) is 0 Å². The normalized spacial score (nSPS) is 17.8. The topological polar surface area (TPSA) is 40.5 Å². The third-order valence-electron chi connectivity index (χ3n) is 3.13. The van der Waals surface area contributed by atoms with Gasteiger partial charge in [-0.2, -0.15) is 0 Å². The summed E-state index contributed by atoms with van der Waals surface area (Å²) in [7, 11) is 0. The molecule has 2 unspecified atom stereocenters. The lowest BCUT2D eigenvalue weighted by Crippen LogP contribution is -1.94. The smallest absolute Gasteiger partial charge is 0.133 e. The Hall–Kier alpha value is -3.04. The minimum Gasteiger partial charge on any atom is -0.377 e. The van der Waals surface area contributed by atoms with E-state index in [-0.39, 0.29) is 0 Å². The van der Waals surface area contributed by atoms with Gasteiger partial charge in [0, 0.05) is 0 Å². The van der Waals surface area contributed by atoms with Crippen LogP contribution in [0.2, 0.25) is 0 Å². The average Bonchev–Trinajstić information content (AvgIpc) is 2.86. The summed E-state index contributed by atoms with van der Waals surface area (Å²) in [5.41, 5.74) is 2.31. The quantitative estimate of drug-likeness (QED) is 0.553. The van der Waals surface area contributed by atoms with Gasteiger partial charge in [-0.1, -0.05) is 84.8 Å². The van der Waals surface area contributed by atoms with Gasteiger partial charge in [0.15, 0.2) is 0 Å². The lowest BCUT2D eigenvalue weighted by molar-refractivity contribution is 0.280. The monoisotopic (exact) mass is 330 g/mol.